The van der Waals surface area contributed by atoms with Crippen molar-refractivity contribution in [2.24, 2.45) is 0 Å². The maximum atomic E-state index is 13.5. The zero-order valence-corrected chi connectivity index (χ0v) is 20.7. The number of carbonyl (C=O) groups is 2. The lowest BCUT2D eigenvalue weighted by atomic mass is 9.81. The molecule has 182 valence electrons. The lowest BCUT2D eigenvalue weighted by Crippen LogP contribution is -2.17. The minimum absolute atomic E-state index is 0.0107. The van der Waals surface area contributed by atoms with Gasteiger partial charge in [-0.05, 0) is 65.7 Å². The smallest absolute Gasteiger partial charge is 0.322 e. The second-order valence-corrected chi connectivity index (χ2v) is 9.98. The van der Waals surface area contributed by atoms with Crippen LogP contribution in [0.1, 0.15) is 35.3 Å². The predicted molar refractivity (Wildman–Crippen MR) is 149 cm³/mol. The van der Waals surface area contributed by atoms with E-state index in [1.165, 1.54) is 0 Å². The molecular formula is C32H26N2O3. The van der Waals surface area contributed by atoms with E-state index in [1.807, 2.05) is 44.2 Å². The van der Waals surface area contributed by atoms with Crippen molar-refractivity contribution >= 4 is 45.3 Å². The van der Waals surface area contributed by atoms with Crippen LogP contribution in [0.5, 0.6) is 0 Å². The van der Waals surface area contributed by atoms with Gasteiger partial charge in [0.15, 0.2) is 5.78 Å². The number of nitrogens with one attached hydrogen (secondary N) is 1. The normalized spacial score (nSPS) is 15.4. The summed E-state index contributed by atoms with van der Waals surface area (Å²) >= 11 is 0. The van der Waals surface area contributed by atoms with Gasteiger partial charge in [0.05, 0.1) is 11.0 Å². The molecule has 0 saturated carbocycles. The fraction of sp³-hybridized carbons (Fsp3) is 0.125. The number of ketones is 1. The van der Waals surface area contributed by atoms with E-state index in [0.717, 1.165) is 44.2 Å². The summed E-state index contributed by atoms with van der Waals surface area (Å²) in [5.41, 5.74) is 6.80. The minimum atomic E-state index is -0.930. The van der Waals surface area contributed by atoms with E-state index < -0.39 is 11.4 Å². The van der Waals surface area contributed by atoms with Gasteiger partial charge < -0.3 is 15.0 Å². The number of benzene rings is 4. The number of aliphatic carboxylic acids is 1. The quantitative estimate of drug-likeness (QED) is 0.267. The number of hydrogen-bond donors (Lipinski definition) is 2. The van der Waals surface area contributed by atoms with E-state index in [1.54, 1.807) is 12.1 Å². The van der Waals surface area contributed by atoms with Gasteiger partial charge in [-0.15, -0.1) is 0 Å². The van der Waals surface area contributed by atoms with Crippen LogP contribution in [0.15, 0.2) is 96.6 Å². The first-order chi connectivity index (χ1) is 17.8. The van der Waals surface area contributed by atoms with Crippen molar-refractivity contribution in [1.29, 1.82) is 0 Å². The number of carboxylic acids is 1. The maximum Gasteiger partial charge on any atom is 0.322 e. The molecule has 2 N–H and O–H groups in total. The second kappa shape index (κ2) is 8.49. The number of carboxylic acid groups (broad SMARTS) is 1. The van der Waals surface area contributed by atoms with Crippen LogP contribution in [0, 0.1) is 0 Å². The Balaban J connectivity index is 1.46. The Hall–Kier alpha value is -4.64. The molecule has 4 aromatic carbocycles. The van der Waals surface area contributed by atoms with Gasteiger partial charge in [-0.2, -0.15) is 0 Å². The average Bonchev–Trinajstić information content (AvgIpc) is 3.32. The third-order valence-electron chi connectivity index (χ3n) is 7.32. The molecule has 0 unspecified atom stereocenters. The monoisotopic (exact) mass is 486 g/mol. The van der Waals surface area contributed by atoms with E-state index in [2.05, 4.69) is 64.5 Å². The molecule has 0 saturated heterocycles. The van der Waals surface area contributed by atoms with Crippen molar-refractivity contribution in [2.75, 3.05) is 11.9 Å². The molecule has 1 aliphatic rings. The van der Waals surface area contributed by atoms with E-state index >= 15 is 0 Å². The number of anilines is 1. The van der Waals surface area contributed by atoms with Crippen LogP contribution in [-0.2, 0) is 10.2 Å². The zero-order valence-electron chi connectivity index (χ0n) is 20.7. The summed E-state index contributed by atoms with van der Waals surface area (Å²) in [7, 11) is 0. The first-order valence-electron chi connectivity index (χ1n) is 12.3. The number of aromatic nitrogens is 1. The van der Waals surface area contributed by atoms with E-state index in [4.69, 9.17) is 5.11 Å². The molecule has 0 spiro atoms. The van der Waals surface area contributed by atoms with Crippen LogP contribution in [0.2, 0.25) is 0 Å². The highest BCUT2D eigenvalue weighted by Gasteiger charge is 2.41. The Morgan fingerprint density at radius 3 is 2.41 bits per heavy atom. The molecule has 6 rings (SSSR count). The number of fused-ring (bicyclic) bond motifs is 4. The van der Waals surface area contributed by atoms with E-state index in [-0.39, 0.29) is 12.3 Å². The van der Waals surface area contributed by atoms with Crippen LogP contribution in [0.3, 0.4) is 0 Å². The van der Waals surface area contributed by atoms with Crippen LogP contribution in [0.25, 0.3) is 33.6 Å². The van der Waals surface area contributed by atoms with Gasteiger partial charge in [-0.25, -0.2) is 0 Å². The molecule has 5 aromatic rings. The average molecular weight is 487 g/mol. The molecule has 0 atom stereocenters. The highest BCUT2D eigenvalue weighted by Crippen LogP contribution is 2.44. The summed E-state index contributed by atoms with van der Waals surface area (Å²) in [4.78, 5) is 24.4. The molecule has 37 heavy (non-hydrogen) atoms. The second-order valence-electron chi connectivity index (χ2n) is 9.98. The van der Waals surface area contributed by atoms with Crippen molar-refractivity contribution in [3.63, 3.8) is 0 Å². The SMILES string of the molecule is CC1(C)/C(=C/c2ccc3c(c2)c2ccccc2n3-c2ccccc2)C(=O)c2ccc(NCC(=O)O)cc21. The van der Waals surface area contributed by atoms with E-state index in [0.29, 0.717) is 11.3 Å². The third-order valence-corrected chi connectivity index (χ3v) is 7.32. The number of hydrogen-bond acceptors (Lipinski definition) is 3. The molecule has 0 radical (unpaired) electrons. The summed E-state index contributed by atoms with van der Waals surface area (Å²) in [6.07, 6.45) is 2.00. The van der Waals surface area contributed by atoms with Crippen molar-refractivity contribution in [2.45, 2.75) is 19.3 Å². The van der Waals surface area contributed by atoms with Gasteiger partial charge in [0.1, 0.15) is 6.54 Å². The number of Topliss-reactive ketones (excluding diaryl/α,β-unsaturated/α-hetero) is 1. The number of nitrogens with zero attached hydrogens (tertiary/aromatic N) is 1. The lowest BCUT2D eigenvalue weighted by molar-refractivity contribution is -0.134. The molecule has 1 heterocycles. The van der Waals surface area contributed by atoms with Crippen molar-refractivity contribution in [3.8, 4) is 5.69 Å². The highest BCUT2D eigenvalue weighted by atomic mass is 16.4. The number of allylic oxidation sites excluding steroid dienone is 1. The van der Waals surface area contributed by atoms with Gasteiger partial charge in [-0.1, -0.05) is 56.3 Å². The largest absolute Gasteiger partial charge is 0.480 e. The van der Waals surface area contributed by atoms with Gasteiger partial charge >= 0.3 is 5.97 Å². The van der Waals surface area contributed by atoms with Crippen molar-refractivity contribution in [1.82, 2.24) is 4.57 Å². The summed E-state index contributed by atoms with van der Waals surface area (Å²) in [5, 5.41) is 14.2. The Kier molecular flexibility index (Phi) is 5.23. The maximum absolute atomic E-state index is 13.5. The molecule has 1 aromatic heterocycles. The van der Waals surface area contributed by atoms with Crippen LogP contribution in [-0.4, -0.2) is 28.0 Å². The van der Waals surface area contributed by atoms with Crippen molar-refractivity contribution in [3.05, 3.63) is 113 Å². The minimum Gasteiger partial charge on any atom is -0.480 e. The molecule has 0 aliphatic heterocycles. The fourth-order valence-electron chi connectivity index (χ4n) is 5.47. The topological polar surface area (TPSA) is 71.3 Å². The molecule has 1 aliphatic carbocycles. The third kappa shape index (κ3) is 3.71. The number of para-hydroxylation sites is 2. The molecule has 0 bridgehead atoms. The molecule has 0 amide bonds. The molecule has 5 nitrogen and oxygen atoms in total. The Labute approximate surface area is 214 Å². The summed E-state index contributed by atoms with van der Waals surface area (Å²) in [6.45, 7) is 3.92. The molecule has 5 heteroatoms. The summed E-state index contributed by atoms with van der Waals surface area (Å²) < 4.78 is 2.27. The van der Waals surface area contributed by atoms with Crippen molar-refractivity contribution < 1.29 is 14.7 Å². The van der Waals surface area contributed by atoms with Crippen LogP contribution < -0.4 is 5.32 Å². The van der Waals surface area contributed by atoms with Gasteiger partial charge in [0.25, 0.3) is 0 Å². The first-order valence-corrected chi connectivity index (χ1v) is 12.3. The first kappa shape index (κ1) is 22.8. The van der Waals surface area contributed by atoms with Gasteiger partial charge in [0, 0.05) is 38.7 Å². The van der Waals surface area contributed by atoms with Crippen LogP contribution >= 0.6 is 0 Å². The Morgan fingerprint density at radius 2 is 1.62 bits per heavy atom. The van der Waals surface area contributed by atoms with Gasteiger partial charge in [-0.3, -0.25) is 9.59 Å². The van der Waals surface area contributed by atoms with Crippen LogP contribution in [0.4, 0.5) is 5.69 Å². The summed E-state index contributed by atoms with van der Waals surface area (Å²) in [5.74, 6) is -0.919. The highest BCUT2D eigenvalue weighted by molar-refractivity contribution is 6.18. The van der Waals surface area contributed by atoms with E-state index in [9.17, 15) is 9.59 Å². The molecular weight excluding hydrogens is 460 g/mol. The zero-order chi connectivity index (χ0) is 25.7. The molecule has 0 fully saturated rings. The predicted octanol–water partition coefficient (Wildman–Crippen LogP) is 6.84. The standard InChI is InChI=1S/C32H26N2O3/c1-32(2)26-18-21(33-19-30(35)36)13-14-24(26)31(37)27(32)17-20-12-15-29-25(16-20)23-10-6-7-11-28(23)34(29)22-8-4-3-5-9-22/h3-18,33H,19H2,1-2H3,(H,35,36)/b27-17+. The number of carbonyl (C=O) groups excluding carboxylic acids is 1. The Morgan fingerprint density at radius 1 is 0.892 bits per heavy atom. The van der Waals surface area contributed by atoms with Gasteiger partial charge in [0.2, 0.25) is 0 Å². The fourth-order valence-corrected chi connectivity index (χ4v) is 5.47. The Bertz CT molecular complexity index is 1740. The number of rotatable bonds is 5. The lowest BCUT2D eigenvalue weighted by Gasteiger charge is -2.21. The summed E-state index contributed by atoms with van der Waals surface area (Å²) in [6, 6.07) is 30.5.